The number of Topliss-reactive ketones (excluding diaryl/α,β-unsaturated/α-hetero) is 1. The Bertz CT molecular complexity index is 1100. The van der Waals surface area contributed by atoms with E-state index in [0.717, 1.165) is 28.4 Å². The van der Waals surface area contributed by atoms with E-state index in [1.807, 2.05) is 42.5 Å². The van der Waals surface area contributed by atoms with Gasteiger partial charge in [0.2, 0.25) is 5.78 Å². The standard InChI is InChI=1S/C23H19NO5/c1-26-16-5-2-4-15(10-16)11-21-22(25)18-7-8-20-19(23(18)29-21)13-24(14-28-20)12-17-6-3-9-27-17/h2-11H,12-14H2,1H3. The summed E-state index contributed by atoms with van der Waals surface area (Å²) in [6.07, 6.45) is 3.39. The van der Waals surface area contributed by atoms with Crippen LogP contribution in [0.3, 0.4) is 0 Å². The molecule has 1 aromatic heterocycles. The van der Waals surface area contributed by atoms with Crippen LogP contribution in [0, 0.1) is 0 Å². The van der Waals surface area contributed by atoms with E-state index in [-0.39, 0.29) is 5.78 Å². The van der Waals surface area contributed by atoms with E-state index >= 15 is 0 Å². The molecule has 0 saturated carbocycles. The first kappa shape index (κ1) is 17.6. The summed E-state index contributed by atoms with van der Waals surface area (Å²) in [5.41, 5.74) is 2.27. The molecule has 0 fully saturated rings. The number of nitrogens with zero attached hydrogens (tertiary/aromatic N) is 1. The predicted molar refractivity (Wildman–Crippen MR) is 106 cm³/mol. The molecule has 0 amide bonds. The van der Waals surface area contributed by atoms with E-state index in [0.29, 0.717) is 36.9 Å². The molecule has 0 bridgehead atoms. The highest BCUT2D eigenvalue weighted by Crippen LogP contribution is 2.42. The topological polar surface area (TPSA) is 61.1 Å². The summed E-state index contributed by atoms with van der Waals surface area (Å²) >= 11 is 0. The number of carbonyl (C=O) groups is 1. The van der Waals surface area contributed by atoms with Crippen LogP contribution in [-0.4, -0.2) is 24.5 Å². The molecule has 0 saturated heterocycles. The number of furan rings is 1. The molecule has 6 nitrogen and oxygen atoms in total. The predicted octanol–water partition coefficient (Wildman–Crippen LogP) is 4.26. The van der Waals surface area contributed by atoms with Crippen molar-refractivity contribution < 1.29 is 23.4 Å². The van der Waals surface area contributed by atoms with E-state index < -0.39 is 0 Å². The van der Waals surface area contributed by atoms with E-state index in [1.54, 1.807) is 25.5 Å². The number of benzene rings is 2. The normalized spacial score (nSPS) is 16.9. The minimum Gasteiger partial charge on any atom is -0.497 e. The summed E-state index contributed by atoms with van der Waals surface area (Å²) in [6, 6.07) is 14.9. The van der Waals surface area contributed by atoms with Crippen LogP contribution in [-0.2, 0) is 13.1 Å². The molecule has 0 atom stereocenters. The van der Waals surface area contributed by atoms with Crippen molar-refractivity contribution in [3.63, 3.8) is 0 Å². The van der Waals surface area contributed by atoms with Crippen LogP contribution in [0.25, 0.3) is 6.08 Å². The van der Waals surface area contributed by atoms with Gasteiger partial charge < -0.3 is 18.6 Å². The first-order valence-corrected chi connectivity index (χ1v) is 9.33. The average Bonchev–Trinajstić information content (AvgIpc) is 3.37. The van der Waals surface area contributed by atoms with Gasteiger partial charge in [-0.05, 0) is 48.0 Å². The molecule has 146 valence electrons. The Morgan fingerprint density at radius 2 is 2.10 bits per heavy atom. The third-order valence-corrected chi connectivity index (χ3v) is 5.03. The number of allylic oxidation sites excluding steroid dienone is 1. The fourth-order valence-electron chi connectivity index (χ4n) is 3.61. The summed E-state index contributed by atoms with van der Waals surface area (Å²) in [4.78, 5) is 15.0. The summed E-state index contributed by atoms with van der Waals surface area (Å²) in [5, 5.41) is 0. The Morgan fingerprint density at radius 3 is 2.93 bits per heavy atom. The summed E-state index contributed by atoms with van der Waals surface area (Å²) < 4.78 is 22.6. The molecule has 2 aliphatic rings. The molecule has 2 aliphatic heterocycles. The molecule has 3 heterocycles. The van der Waals surface area contributed by atoms with Crippen molar-refractivity contribution >= 4 is 11.9 Å². The van der Waals surface area contributed by atoms with Gasteiger partial charge in [0, 0.05) is 6.54 Å². The van der Waals surface area contributed by atoms with Crippen molar-refractivity contribution in [3.8, 4) is 17.2 Å². The van der Waals surface area contributed by atoms with Crippen LogP contribution in [0.15, 0.2) is 65.0 Å². The van der Waals surface area contributed by atoms with Crippen LogP contribution in [0.5, 0.6) is 17.2 Å². The Balaban J connectivity index is 1.44. The quantitative estimate of drug-likeness (QED) is 0.622. The van der Waals surface area contributed by atoms with E-state index in [9.17, 15) is 4.79 Å². The van der Waals surface area contributed by atoms with Gasteiger partial charge in [-0.3, -0.25) is 9.69 Å². The van der Waals surface area contributed by atoms with Gasteiger partial charge in [-0.25, -0.2) is 0 Å². The van der Waals surface area contributed by atoms with Crippen LogP contribution in [0.2, 0.25) is 0 Å². The van der Waals surface area contributed by atoms with Gasteiger partial charge in [-0.2, -0.15) is 0 Å². The molecule has 0 radical (unpaired) electrons. The lowest BCUT2D eigenvalue weighted by Crippen LogP contribution is -2.31. The molecule has 2 aromatic carbocycles. The highest BCUT2D eigenvalue weighted by molar-refractivity contribution is 6.15. The maximum atomic E-state index is 12.9. The molecule has 3 aromatic rings. The van der Waals surface area contributed by atoms with Crippen molar-refractivity contribution in [3.05, 3.63) is 83.0 Å². The third kappa shape index (κ3) is 3.28. The average molecular weight is 389 g/mol. The SMILES string of the molecule is COc1cccc(C=C2Oc3c(ccc4c3CN(Cc3ccco3)CO4)C2=O)c1. The van der Waals surface area contributed by atoms with Gasteiger partial charge in [-0.15, -0.1) is 0 Å². The Labute approximate surface area is 167 Å². The van der Waals surface area contributed by atoms with Crippen molar-refractivity contribution in [2.75, 3.05) is 13.8 Å². The van der Waals surface area contributed by atoms with Crippen molar-refractivity contribution in [2.45, 2.75) is 13.1 Å². The van der Waals surface area contributed by atoms with E-state index in [2.05, 4.69) is 4.90 Å². The first-order chi connectivity index (χ1) is 14.2. The van der Waals surface area contributed by atoms with Gasteiger partial charge in [-0.1, -0.05) is 12.1 Å². The first-order valence-electron chi connectivity index (χ1n) is 9.33. The summed E-state index contributed by atoms with van der Waals surface area (Å²) in [7, 11) is 1.61. The third-order valence-electron chi connectivity index (χ3n) is 5.03. The van der Waals surface area contributed by atoms with Crippen LogP contribution in [0.1, 0.15) is 27.2 Å². The van der Waals surface area contributed by atoms with E-state index in [1.165, 1.54) is 0 Å². The lowest BCUT2D eigenvalue weighted by molar-refractivity contribution is 0.0810. The van der Waals surface area contributed by atoms with Gasteiger partial charge in [0.25, 0.3) is 0 Å². The summed E-state index contributed by atoms with van der Waals surface area (Å²) in [6.45, 7) is 1.68. The minimum atomic E-state index is -0.131. The molecule has 6 heteroatoms. The number of ketones is 1. The molecule has 0 N–H and O–H groups in total. The fourth-order valence-corrected chi connectivity index (χ4v) is 3.61. The Morgan fingerprint density at radius 1 is 1.17 bits per heavy atom. The van der Waals surface area contributed by atoms with Gasteiger partial charge in [0.05, 0.1) is 31.0 Å². The second-order valence-electron chi connectivity index (χ2n) is 6.98. The minimum absolute atomic E-state index is 0.131. The maximum Gasteiger partial charge on any atom is 0.231 e. The fraction of sp³-hybridized carbons (Fsp3) is 0.174. The zero-order chi connectivity index (χ0) is 19.8. The summed E-state index contributed by atoms with van der Waals surface area (Å²) in [5.74, 6) is 3.07. The maximum absolute atomic E-state index is 12.9. The molecule has 29 heavy (non-hydrogen) atoms. The van der Waals surface area contributed by atoms with Gasteiger partial charge >= 0.3 is 0 Å². The molecule has 0 spiro atoms. The molecular weight excluding hydrogens is 370 g/mol. The smallest absolute Gasteiger partial charge is 0.231 e. The van der Waals surface area contributed by atoms with Crippen LogP contribution < -0.4 is 14.2 Å². The van der Waals surface area contributed by atoms with Crippen molar-refractivity contribution in [1.29, 1.82) is 0 Å². The molecular formula is C23H19NO5. The number of fused-ring (bicyclic) bond motifs is 3. The number of hydrogen-bond acceptors (Lipinski definition) is 6. The van der Waals surface area contributed by atoms with Crippen molar-refractivity contribution in [2.24, 2.45) is 0 Å². The zero-order valence-electron chi connectivity index (χ0n) is 15.9. The van der Waals surface area contributed by atoms with Crippen LogP contribution in [0.4, 0.5) is 0 Å². The monoisotopic (exact) mass is 389 g/mol. The number of hydrogen-bond donors (Lipinski definition) is 0. The number of methoxy groups -OCH3 is 1. The zero-order valence-corrected chi connectivity index (χ0v) is 15.9. The number of ether oxygens (including phenoxy) is 3. The highest BCUT2D eigenvalue weighted by atomic mass is 16.5. The van der Waals surface area contributed by atoms with Gasteiger partial charge in [0.1, 0.15) is 29.7 Å². The Kier molecular flexibility index (Phi) is 4.33. The van der Waals surface area contributed by atoms with Crippen molar-refractivity contribution in [1.82, 2.24) is 4.90 Å². The second-order valence-corrected chi connectivity index (χ2v) is 6.98. The second kappa shape index (κ2) is 7.14. The number of rotatable bonds is 4. The molecule has 5 rings (SSSR count). The van der Waals surface area contributed by atoms with Crippen LogP contribution >= 0.6 is 0 Å². The lowest BCUT2D eigenvalue weighted by atomic mass is 10.0. The highest BCUT2D eigenvalue weighted by Gasteiger charge is 2.33. The lowest BCUT2D eigenvalue weighted by Gasteiger charge is -2.29. The molecule has 0 unspecified atom stereocenters. The number of carbonyl (C=O) groups excluding carboxylic acids is 1. The molecule has 0 aliphatic carbocycles. The van der Waals surface area contributed by atoms with E-state index in [4.69, 9.17) is 18.6 Å². The largest absolute Gasteiger partial charge is 0.497 e. The van der Waals surface area contributed by atoms with Gasteiger partial charge in [0.15, 0.2) is 5.76 Å². The Hall–Kier alpha value is -3.51.